The summed E-state index contributed by atoms with van der Waals surface area (Å²) >= 11 is 7.97. The van der Waals surface area contributed by atoms with Gasteiger partial charge >= 0.3 is 0 Å². The maximum absolute atomic E-state index is 9.34. The third-order valence-corrected chi connectivity index (χ3v) is 5.14. The lowest BCUT2D eigenvalue weighted by atomic mass is 10.0. The molecule has 4 heteroatoms. The first-order chi connectivity index (χ1) is 8.53. The molecule has 0 radical (unpaired) electrons. The molecule has 0 bridgehead atoms. The average molecular weight is 529 g/mol. The van der Waals surface area contributed by atoms with Gasteiger partial charge in [-0.1, -0.05) is 97.5 Å². The van der Waals surface area contributed by atoms with Crippen LogP contribution >= 0.6 is 61.1 Å². The van der Waals surface area contributed by atoms with Crippen molar-refractivity contribution in [2.45, 2.75) is 1.43 Å². The number of alkyl halides is 2. The quantitative estimate of drug-likeness (QED) is 0.432. The van der Waals surface area contributed by atoms with Crippen LogP contribution in [0.1, 0.15) is 5.56 Å². The van der Waals surface area contributed by atoms with Gasteiger partial charge < -0.3 is 5.11 Å². The second-order valence-corrected chi connectivity index (χ2v) is 10.6. The highest BCUT2D eigenvalue weighted by atomic mass is 127. The normalized spacial score (nSPS) is 11.6. The first-order valence-electron chi connectivity index (χ1n) is 5.38. The van der Waals surface area contributed by atoms with Gasteiger partial charge in [0.2, 0.25) is 0 Å². The molecule has 0 amide bonds. The fourth-order valence-electron chi connectivity index (χ4n) is 1.64. The molecule has 0 spiro atoms. The van der Waals surface area contributed by atoms with Crippen molar-refractivity contribution in [3.05, 3.63) is 58.6 Å². The van der Waals surface area contributed by atoms with Crippen LogP contribution in [0.3, 0.4) is 0 Å². The Morgan fingerprint density at radius 2 is 1.33 bits per heavy atom. The van der Waals surface area contributed by atoms with Gasteiger partial charge in [-0.3, -0.25) is 0 Å². The Labute approximate surface area is 142 Å². The summed E-state index contributed by atoms with van der Waals surface area (Å²) < 4.78 is 0.843. The van der Waals surface area contributed by atoms with Crippen LogP contribution in [-0.2, 0) is 1.43 Å². The summed E-state index contributed by atoms with van der Waals surface area (Å²) in [5.41, 5.74) is 3.51. The number of rotatable bonds is 3. The zero-order chi connectivity index (χ0) is 13.2. The van der Waals surface area contributed by atoms with Gasteiger partial charge in [-0.15, -0.1) is 0 Å². The summed E-state index contributed by atoms with van der Waals surface area (Å²) in [5, 5.41) is 9.34. The summed E-state index contributed by atoms with van der Waals surface area (Å²) in [6.07, 6.45) is 0. The van der Waals surface area contributed by atoms with Crippen molar-refractivity contribution in [3.63, 3.8) is 0 Å². The smallest absolute Gasteiger partial charge is 0.121 e. The Hall–Kier alpha value is 0.340. The Morgan fingerprint density at radius 1 is 0.889 bits per heavy atom. The molecule has 0 aliphatic carbocycles. The second kappa shape index (κ2) is 6.19. The Kier molecular flexibility index (Phi) is 5.07. The zero-order valence-corrected chi connectivity index (χ0v) is 15.3. The molecule has 0 saturated heterocycles. The monoisotopic (exact) mass is 528 g/mol. The second-order valence-electron chi connectivity index (χ2n) is 3.95. The van der Waals surface area contributed by atoms with Crippen LogP contribution in [0.5, 0.6) is 0 Å². The molecule has 18 heavy (non-hydrogen) atoms. The van der Waals surface area contributed by atoms with E-state index in [4.69, 9.17) is 0 Å². The summed E-state index contributed by atoms with van der Waals surface area (Å²) in [6.45, 7) is 0.131. The third kappa shape index (κ3) is 3.46. The Balaban J connectivity index is 2.30. The highest BCUT2D eigenvalue weighted by Gasteiger charge is 2.23. The summed E-state index contributed by atoms with van der Waals surface area (Å²) in [4.78, 5) is 0. The molecular weight excluding hydrogens is 518 g/mol. The molecule has 2 rings (SSSR count). The first kappa shape index (κ1) is 14.7. The number of aliphatic hydroxyl groups is 1. The van der Waals surface area contributed by atoms with E-state index in [-0.39, 0.29) is 8.04 Å². The summed E-state index contributed by atoms with van der Waals surface area (Å²) in [5.74, 6) is 0. The Morgan fingerprint density at radius 3 is 1.78 bits per heavy atom. The minimum atomic E-state index is -0.242. The molecule has 0 fully saturated rings. The zero-order valence-electron chi connectivity index (χ0n) is 9.41. The molecule has 2 aromatic carbocycles. The van der Waals surface area contributed by atoms with E-state index in [9.17, 15) is 5.11 Å². The predicted octanol–water partition coefficient (Wildman–Crippen LogP) is 5.13. The first-order valence-corrected chi connectivity index (χ1v) is 8.33. The molecule has 2 aromatic rings. The number of halogens is 3. The summed E-state index contributed by atoms with van der Waals surface area (Å²) in [7, 11) is 0. The summed E-state index contributed by atoms with van der Waals surface area (Å²) in [6, 6.07) is 16.6. The minimum absolute atomic E-state index is 0.131. The van der Waals surface area contributed by atoms with Crippen molar-refractivity contribution < 1.29 is 5.11 Å². The molecule has 1 nitrogen and oxygen atoms in total. The highest BCUT2D eigenvalue weighted by Crippen LogP contribution is 2.39. The van der Waals surface area contributed by atoms with Crippen LogP contribution in [0.4, 0.5) is 0 Å². The lowest BCUT2D eigenvalue weighted by Gasteiger charge is -2.18. The number of benzene rings is 2. The van der Waals surface area contributed by atoms with Gasteiger partial charge in [-0.2, -0.15) is 0 Å². The van der Waals surface area contributed by atoms with Gasteiger partial charge in [-0.25, -0.2) is 0 Å². The maximum atomic E-state index is 9.34. The van der Waals surface area contributed by atoms with Crippen molar-refractivity contribution in [1.29, 1.82) is 0 Å². The van der Waals surface area contributed by atoms with Gasteiger partial charge in [0, 0.05) is 4.47 Å². The van der Waals surface area contributed by atoms with Crippen LogP contribution < -0.4 is 0 Å². The van der Waals surface area contributed by atoms with Crippen molar-refractivity contribution in [2.75, 3.05) is 6.61 Å². The standard InChI is InChI=1S/C14H11BrI2O/c15-13-7-3-11(4-8-13)10-1-5-12(6-2-10)14(16,17)9-18/h1-8,18H,9H2. The molecule has 0 saturated carbocycles. The lowest BCUT2D eigenvalue weighted by molar-refractivity contribution is 0.296. The van der Waals surface area contributed by atoms with Crippen molar-refractivity contribution >= 4 is 61.1 Å². The largest absolute Gasteiger partial charge is 0.394 e. The van der Waals surface area contributed by atoms with E-state index in [0.717, 1.165) is 10.0 Å². The molecule has 0 aromatic heterocycles. The minimum Gasteiger partial charge on any atom is -0.394 e. The van der Waals surface area contributed by atoms with E-state index in [0.29, 0.717) is 0 Å². The molecule has 0 aliphatic heterocycles. The lowest BCUT2D eigenvalue weighted by Crippen LogP contribution is -2.13. The van der Waals surface area contributed by atoms with Crippen LogP contribution in [0.15, 0.2) is 53.0 Å². The average Bonchev–Trinajstić information content (AvgIpc) is 2.40. The molecule has 1 N–H and O–H groups in total. The van der Waals surface area contributed by atoms with E-state index in [1.807, 2.05) is 12.1 Å². The van der Waals surface area contributed by atoms with Crippen molar-refractivity contribution in [2.24, 2.45) is 0 Å². The van der Waals surface area contributed by atoms with Gasteiger partial charge in [0.15, 0.2) is 0 Å². The Bertz CT molecular complexity index is 520. The topological polar surface area (TPSA) is 20.2 Å². The maximum Gasteiger partial charge on any atom is 0.121 e. The van der Waals surface area contributed by atoms with E-state index >= 15 is 0 Å². The number of aliphatic hydroxyl groups excluding tert-OH is 1. The third-order valence-electron chi connectivity index (χ3n) is 2.68. The predicted molar refractivity (Wildman–Crippen MR) is 96.4 cm³/mol. The van der Waals surface area contributed by atoms with Gasteiger partial charge in [0.1, 0.15) is 1.43 Å². The van der Waals surface area contributed by atoms with Gasteiger partial charge in [-0.05, 0) is 28.8 Å². The number of hydrogen-bond acceptors (Lipinski definition) is 1. The fraction of sp³-hybridized carbons (Fsp3) is 0.143. The van der Waals surface area contributed by atoms with Crippen molar-refractivity contribution in [1.82, 2.24) is 0 Å². The molecular formula is C14H11BrI2O. The van der Waals surface area contributed by atoms with Gasteiger partial charge in [0.05, 0.1) is 6.61 Å². The van der Waals surface area contributed by atoms with Crippen LogP contribution in [-0.4, -0.2) is 11.7 Å². The van der Waals surface area contributed by atoms with Crippen LogP contribution in [0.25, 0.3) is 11.1 Å². The number of hydrogen-bond donors (Lipinski definition) is 1. The molecule has 94 valence electrons. The molecule has 0 heterocycles. The van der Waals surface area contributed by atoms with Gasteiger partial charge in [0.25, 0.3) is 0 Å². The van der Waals surface area contributed by atoms with Crippen molar-refractivity contribution in [3.8, 4) is 11.1 Å². The SMILES string of the molecule is OCC(I)(I)c1ccc(-c2ccc(Br)cc2)cc1. The molecule has 0 unspecified atom stereocenters. The van der Waals surface area contributed by atoms with E-state index in [1.165, 1.54) is 11.1 Å². The van der Waals surface area contributed by atoms with Crippen LogP contribution in [0, 0.1) is 0 Å². The highest BCUT2D eigenvalue weighted by molar-refractivity contribution is 14.2. The van der Waals surface area contributed by atoms with E-state index in [2.05, 4.69) is 97.5 Å². The van der Waals surface area contributed by atoms with E-state index < -0.39 is 0 Å². The van der Waals surface area contributed by atoms with Crippen LogP contribution in [0.2, 0.25) is 0 Å². The van der Waals surface area contributed by atoms with E-state index in [1.54, 1.807) is 0 Å². The molecule has 0 atom stereocenters. The fourth-order valence-corrected chi connectivity index (χ4v) is 2.62. The molecule has 0 aliphatic rings.